The number of amides is 6. The first-order valence-corrected chi connectivity index (χ1v) is 29.4. The second-order valence-corrected chi connectivity index (χ2v) is 24.3. The highest BCUT2D eigenvalue weighted by Crippen LogP contribution is 2.35. The maximum atomic E-state index is 14.7. The minimum absolute atomic E-state index is 0.00180. The molecule has 2 saturated heterocycles. The molecule has 17 atom stereocenters. The van der Waals surface area contributed by atoms with Crippen molar-refractivity contribution in [2.45, 2.75) is 204 Å². The number of fused-ring (bicyclic) bond motifs is 2. The van der Waals surface area contributed by atoms with E-state index >= 15 is 0 Å². The average molecular weight is 1150 g/mol. The number of ketones is 1. The number of carbonyl (C=O) groups is 7. The number of rotatable bonds is 24. The van der Waals surface area contributed by atoms with Crippen molar-refractivity contribution < 1.29 is 83.6 Å². The molecule has 0 radical (unpaired) electrons. The Morgan fingerprint density at radius 1 is 0.765 bits per heavy atom. The van der Waals surface area contributed by atoms with Gasteiger partial charge < -0.3 is 81.6 Å². The Morgan fingerprint density at radius 3 is 2.04 bits per heavy atom. The number of aliphatic hydroxyl groups is 7. The van der Waals surface area contributed by atoms with E-state index in [9.17, 15) is 74.4 Å². The summed E-state index contributed by atoms with van der Waals surface area (Å²) >= 11 is 0. The number of quaternary nitrogens is 1. The van der Waals surface area contributed by atoms with E-state index in [1.165, 1.54) is 44.5 Å². The van der Waals surface area contributed by atoms with Crippen LogP contribution in [0.2, 0.25) is 0 Å². The lowest BCUT2D eigenvalue weighted by Crippen LogP contribution is -2.61. The van der Waals surface area contributed by atoms with Gasteiger partial charge in [0.1, 0.15) is 42.6 Å². The second kappa shape index (κ2) is 32.9. The number of hydrogen-bond acceptors (Lipinski definition) is 16. The summed E-state index contributed by atoms with van der Waals surface area (Å²) in [6.45, 7) is 8.51. The van der Waals surface area contributed by atoms with Crippen LogP contribution in [0, 0.1) is 29.6 Å². The summed E-state index contributed by atoms with van der Waals surface area (Å²) < 4.78 is 6.47. The van der Waals surface area contributed by atoms with E-state index in [0.717, 1.165) is 49.8 Å². The maximum absolute atomic E-state index is 14.7. The Morgan fingerprint density at radius 2 is 1.41 bits per heavy atom. The smallest absolute Gasteiger partial charge is 0.248 e. The van der Waals surface area contributed by atoms with Crippen molar-refractivity contribution in [2.75, 3.05) is 54.0 Å². The molecule has 1 aliphatic carbocycles. The molecule has 1 aromatic carbocycles. The predicted molar refractivity (Wildman–Crippen MR) is 299 cm³/mol. The molecule has 2 heterocycles. The van der Waals surface area contributed by atoms with Gasteiger partial charge >= 0.3 is 0 Å². The predicted octanol–water partition coefficient (Wildman–Crippen LogP) is 0.208. The van der Waals surface area contributed by atoms with Gasteiger partial charge in [-0.2, -0.15) is 0 Å². The number of hydrogen-bond donors (Lipinski definition) is 13. The molecule has 13 N–H and O–H groups in total. The minimum Gasteiger partial charge on any atom is -0.508 e. The van der Waals surface area contributed by atoms with Crippen molar-refractivity contribution in [1.82, 2.24) is 31.5 Å². The van der Waals surface area contributed by atoms with Crippen LogP contribution in [0.5, 0.6) is 5.75 Å². The molecule has 6 amide bonds. The van der Waals surface area contributed by atoms with Crippen LogP contribution >= 0.6 is 0 Å². The standard InChI is InChI=1S/C58H97N7O16/c1-9-33(3)27-34(4)17-15-13-11-12-14-16-18-47(72)60-41-29-46(71)42(32-81-26-25-65(6,7)8)61-57(79)48-39(23-24-45(48)70)52(74)50(44(69)10-2)63-54(76)40(53(75)51(73)36-19-21-37(67)22-20-36)30-59-56(78)43-28-38(68)31-64(43)58(80)49(35(5)66)62-55(41)77/h19-22,33-35,38-46,48-51,53,66,68-71,73,75H,9-18,23-32H2,1-8H3,(H5-,59,60,61,62,63,67,72,76,77,78,79)/p+1. The van der Waals surface area contributed by atoms with E-state index in [4.69, 9.17) is 4.74 Å². The number of phenolic OH excluding ortho intramolecular Hbond substituents is 1. The van der Waals surface area contributed by atoms with Crippen LogP contribution in [0.1, 0.15) is 143 Å². The molecule has 0 aromatic heterocycles. The number of likely N-dealkylation sites (N-methyl/N-ethyl adjacent to an activating group) is 1. The zero-order valence-electron chi connectivity index (χ0n) is 49.0. The summed E-state index contributed by atoms with van der Waals surface area (Å²) in [5.41, 5.74) is 0.0346. The zero-order valence-corrected chi connectivity index (χ0v) is 49.0. The van der Waals surface area contributed by atoms with Gasteiger partial charge in [-0.15, -0.1) is 0 Å². The molecule has 2 aliphatic heterocycles. The lowest BCUT2D eigenvalue weighted by Gasteiger charge is -2.34. The number of phenols is 1. The lowest BCUT2D eigenvalue weighted by atomic mass is 9.84. The molecule has 23 nitrogen and oxygen atoms in total. The fourth-order valence-electron chi connectivity index (χ4n) is 11.1. The highest BCUT2D eigenvalue weighted by Gasteiger charge is 2.49. The summed E-state index contributed by atoms with van der Waals surface area (Å²) in [5, 5.41) is 103. The SMILES string of the molecule is CCC(C)CC(C)CCCCCCCCC(=O)NC1CC(O)C(COCC[N+](C)(C)C)NC(=O)C2C(O)CCC2C(=O)C(C(O)CC)NC(=O)C(C(O)C(O)c2ccc(O)cc2)CNC(=O)C2CC(O)CN2C(=O)C(C(C)O)NC1=O. The minimum atomic E-state index is -2.06. The largest absolute Gasteiger partial charge is 0.508 e. The van der Waals surface area contributed by atoms with Crippen molar-refractivity contribution in [2.24, 2.45) is 29.6 Å². The van der Waals surface area contributed by atoms with Gasteiger partial charge in [-0.25, -0.2) is 0 Å². The van der Waals surface area contributed by atoms with Gasteiger partial charge in [0.25, 0.3) is 0 Å². The van der Waals surface area contributed by atoms with Crippen molar-refractivity contribution in [3.8, 4) is 5.75 Å². The normalized spacial score (nSPS) is 29.1. The molecular weight excluding hydrogens is 1050 g/mol. The van der Waals surface area contributed by atoms with E-state index in [1.807, 2.05) is 21.1 Å². The highest BCUT2D eigenvalue weighted by molar-refractivity contribution is 5.97. The van der Waals surface area contributed by atoms with Crippen molar-refractivity contribution in [3.05, 3.63) is 29.8 Å². The molecule has 81 heavy (non-hydrogen) atoms. The molecule has 23 heteroatoms. The summed E-state index contributed by atoms with van der Waals surface area (Å²) in [6, 6.07) is -3.06. The van der Waals surface area contributed by atoms with Crippen LogP contribution in [-0.2, 0) is 38.3 Å². The van der Waals surface area contributed by atoms with E-state index in [-0.39, 0.29) is 56.6 Å². The first kappa shape index (κ1) is 68.6. The van der Waals surface area contributed by atoms with Crippen molar-refractivity contribution in [1.29, 1.82) is 0 Å². The van der Waals surface area contributed by atoms with Gasteiger partial charge in [0.05, 0.1) is 88.9 Å². The number of unbranched alkanes of at least 4 members (excludes halogenated alkanes) is 5. The second-order valence-electron chi connectivity index (χ2n) is 24.3. The number of Topliss-reactive ketones (excluding diaryl/α,β-unsaturated/α-hetero) is 1. The summed E-state index contributed by atoms with van der Waals surface area (Å²) in [5.74, 6) is -10.0. The molecule has 1 aromatic rings. The number of aliphatic hydroxyl groups excluding tert-OH is 7. The van der Waals surface area contributed by atoms with Gasteiger partial charge in [0.2, 0.25) is 35.4 Å². The molecule has 460 valence electrons. The summed E-state index contributed by atoms with van der Waals surface area (Å²) in [6.07, 6.45) is -4.05. The van der Waals surface area contributed by atoms with Crippen LogP contribution < -0.4 is 26.6 Å². The Balaban J connectivity index is 1.74. The average Bonchev–Trinajstić information content (AvgIpc) is 4.01. The van der Waals surface area contributed by atoms with Gasteiger partial charge in [-0.1, -0.05) is 84.8 Å². The Hall–Kier alpha value is -4.85. The number of nitrogens with zero attached hydrogens (tertiary/aromatic N) is 2. The van der Waals surface area contributed by atoms with Crippen LogP contribution in [0.4, 0.5) is 0 Å². The molecule has 17 unspecified atom stereocenters. The fraction of sp³-hybridized carbons (Fsp3) is 0.776. The van der Waals surface area contributed by atoms with Crippen LogP contribution in [0.3, 0.4) is 0 Å². The van der Waals surface area contributed by atoms with Crippen LogP contribution in [-0.4, -0.2) is 212 Å². The number of benzene rings is 1. The first-order valence-electron chi connectivity index (χ1n) is 29.4. The maximum Gasteiger partial charge on any atom is 0.248 e. The molecule has 3 fully saturated rings. The van der Waals surface area contributed by atoms with E-state index in [0.29, 0.717) is 29.3 Å². The molecule has 1 saturated carbocycles. The Kier molecular flexibility index (Phi) is 27.8. The lowest BCUT2D eigenvalue weighted by molar-refractivity contribution is -0.870. The Bertz CT molecular complexity index is 2180. The number of nitrogens with one attached hydrogen (secondary N) is 5. The third-order valence-corrected chi connectivity index (χ3v) is 16.4. The third kappa shape index (κ3) is 21.1. The summed E-state index contributed by atoms with van der Waals surface area (Å²) in [7, 11) is 5.77. The van der Waals surface area contributed by atoms with E-state index in [1.54, 1.807) is 0 Å². The molecule has 0 spiro atoms. The molecule has 4 rings (SSSR count). The quantitative estimate of drug-likeness (QED) is 0.0486. The number of ether oxygens (including phenoxy) is 1. The number of carbonyl (C=O) groups excluding carboxylic acids is 7. The van der Waals surface area contributed by atoms with Crippen LogP contribution in [0.25, 0.3) is 0 Å². The van der Waals surface area contributed by atoms with Gasteiger partial charge in [-0.3, -0.25) is 33.6 Å². The number of aromatic hydroxyl groups is 1. The molecule has 3 aliphatic rings. The van der Waals surface area contributed by atoms with Crippen molar-refractivity contribution >= 4 is 41.2 Å². The Labute approximate surface area is 477 Å². The monoisotopic (exact) mass is 1150 g/mol. The third-order valence-electron chi connectivity index (χ3n) is 16.4. The van der Waals surface area contributed by atoms with E-state index in [2.05, 4.69) is 47.4 Å². The van der Waals surface area contributed by atoms with Gasteiger partial charge in [-0.05, 0) is 68.6 Å². The first-order chi connectivity index (χ1) is 38.2. The van der Waals surface area contributed by atoms with Crippen LogP contribution in [0.15, 0.2) is 24.3 Å². The van der Waals surface area contributed by atoms with E-state index < -0.39 is 151 Å². The summed E-state index contributed by atoms with van der Waals surface area (Å²) in [4.78, 5) is 102. The van der Waals surface area contributed by atoms with Crippen molar-refractivity contribution in [3.63, 3.8) is 0 Å². The molecule has 0 bridgehead atoms. The fourth-order valence-corrected chi connectivity index (χ4v) is 11.1. The van der Waals surface area contributed by atoms with Gasteiger partial charge in [0.15, 0.2) is 5.78 Å². The molecular formula is C58H98N7O16+. The zero-order chi connectivity index (χ0) is 60.3. The highest BCUT2D eigenvalue weighted by atomic mass is 16.5. The topological polar surface area (TPSA) is 354 Å². The van der Waals surface area contributed by atoms with Gasteiger partial charge in [0, 0.05) is 38.3 Å².